The van der Waals surface area contributed by atoms with Crippen LogP contribution in [-0.2, 0) is 24.7 Å². The minimum atomic E-state index is -1.31. The first-order valence-corrected chi connectivity index (χ1v) is 5.57. The number of cyclic esters (lactones) is 1. The van der Waals surface area contributed by atoms with Gasteiger partial charge >= 0.3 is 11.9 Å². The maximum Gasteiger partial charge on any atom is 0.355 e. The normalized spacial score (nSPS) is 22.4. The summed E-state index contributed by atoms with van der Waals surface area (Å²) in [6.07, 6.45) is 0.506. The summed E-state index contributed by atoms with van der Waals surface area (Å²) in [6.45, 7) is 0. The molecule has 1 saturated heterocycles. The van der Waals surface area contributed by atoms with Crippen LogP contribution in [0.4, 0.5) is 0 Å². The van der Waals surface area contributed by atoms with Gasteiger partial charge < -0.3 is 14.2 Å². The van der Waals surface area contributed by atoms with E-state index < -0.39 is 17.5 Å². The van der Waals surface area contributed by atoms with Gasteiger partial charge in [-0.1, -0.05) is 12.1 Å². The number of hydrogen-bond donors (Lipinski definition) is 0. The van der Waals surface area contributed by atoms with E-state index in [9.17, 15) is 9.59 Å². The van der Waals surface area contributed by atoms with Gasteiger partial charge in [-0.25, -0.2) is 4.79 Å². The van der Waals surface area contributed by atoms with Crippen LogP contribution in [0, 0.1) is 0 Å². The number of benzene rings is 1. The van der Waals surface area contributed by atoms with Crippen molar-refractivity contribution in [2.24, 2.45) is 0 Å². The summed E-state index contributed by atoms with van der Waals surface area (Å²) < 4.78 is 15.0. The summed E-state index contributed by atoms with van der Waals surface area (Å²) in [5.74, 6) is -0.280. The highest BCUT2D eigenvalue weighted by atomic mass is 16.6. The summed E-state index contributed by atoms with van der Waals surface area (Å²) in [5.41, 5.74) is -0.709. The molecular formula is C13H14O5. The molecule has 0 bridgehead atoms. The minimum absolute atomic E-state index is 0.209. The van der Waals surface area contributed by atoms with Crippen molar-refractivity contribution in [3.63, 3.8) is 0 Å². The highest BCUT2D eigenvalue weighted by Gasteiger charge is 2.49. The Morgan fingerprint density at radius 1 is 1.28 bits per heavy atom. The lowest BCUT2D eigenvalue weighted by Crippen LogP contribution is -2.36. The number of esters is 2. The second-order valence-corrected chi connectivity index (χ2v) is 4.02. The highest BCUT2D eigenvalue weighted by molar-refractivity contribution is 5.88. The molecule has 1 aromatic carbocycles. The molecule has 5 nitrogen and oxygen atoms in total. The Labute approximate surface area is 105 Å². The van der Waals surface area contributed by atoms with Crippen LogP contribution in [0.1, 0.15) is 18.4 Å². The molecule has 1 aliphatic rings. The van der Waals surface area contributed by atoms with Gasteiger partial charge in [0.15, 0.2) is 0 Å². The molecule has 0 aliphatic carbocycles. The number of hydrogen-bond acceptors (Lipinski definition) is 5. The van der Waals surface area contributed by atoms with Gasteiger partial charge in [-0.15, -0.1) is 0 Å². The average molecular weight is 250 g/mol. The van der Waals surface area contributed by atoms with Crippen molar-refractivity contribution in [2.45, 2.75) is 18.4 Å². The predicted octanol–water partition coefficient (Wildman–Crippen LogP) is 1.40. The van der Waals surface area contributed by atoms with Gasteiger partial charge in [-0.3, -0.25) is 4.79 Å². The Kier molecular flexibility index (Phi) is 3.23. The second-order valence-electron chi connectivity index (χ2n) is 4.02. The van der Waals surface area contributed by atoms with Crippen LogP contribution >= 0.6 is 0 Å². The first-order valence-electron chi connectivity index (χ1n) is 5.57. The monoisotopic (exact) mass is 250 g/mol. The number of rotatable bonds is 3. The van der Waals surface area contributed by atoms with Gasteiger partial charge in [0.25, 0.3) is 0 Å². The first kappa shape index (κ1) is 12.4. The van der Waals surface area contributed by atoms with Gasteiger partial charge in [-0.2, -0.15) is 0 Å². The summed E-state index contributed by atoms with van der Waals surface area (Å²) >= 11 is 0. The molecule has 96 valence electrons. The molecule has 0 saturated carbocycles. The van der Waals surface area contributed by atoms with Gasteiger partial charge in [0.2, 0.25) is 5.60 Å². The summed E-state index contributed by atoms with van der Waals surface area (Å²) in [6, 6.07) is 6.83. The van der Waals surface area contributed by atoms with Crippen LogP contribution in [0.25, 0.3) is 0 Å². The van der Waals surface area contributed by atoms with Gasteiger partial charge in [0.05, 0.1) is 20.6 Å². The molecule has 1 aromatic rings. The van der Waals surface area contributed by atoms with E-state index in [1.54, 1.807) is 31.4 Å². The zero-order valence-electron chi connectivity index (χ0n) is 10.3. The zero-order chi connectivity index (χ0) is 13.2. The topological polar surface area (TPSA) is 61.8 Å². The fraction of sp³-hybridized carbons (Fsp3) is 0.385. The third-order valence-corrected chi connectivity index (χ3v) is 3.04. The molecular weight excluding hydrogens is 236 g/mol. The van der Waals surface area contributed by atoms with Crippen LogP contribution in [0.2, 0.25) is 0 Å². The van der Waals surface area contributed by atoms with E-state index in [1.165, 1.54) is 7.11 Å². The molecule has 18 heavy (non-hydrogen) atoms. The van der Waals surface area contributed by atoms with Crippen molar-refractivity contribution in [3.05, 3.63) is 29.8 Å². The Hall–Kier alpha value is -2.04. The average Bonchev–Trinajstić information content (AvgIpc) is 2.81. The van der Waals surface area contributed by atoms with E-state index >= 15 is 0 Å². The van der Waals surface area contributed by atoms with E-state index in [4.69, 9.17) is 14.2 Å². The molecule has 0 radical (unpaired) electrons. The highest BCUT2D eigenvalue weighted by Crippen LogP contribution is 2.38. The van der Waals surface area contributed by atoms with Crippen molar-refractivity contribution in [3.8, 4) is 5.75 Å². The molecule has 5 heteroatoms. The lowest BCUT2D eigenvalue weighted by atomic mass is 9.91. The summed E-state index contributed by atoms with van der Waals surface area (Å²) in [5, 5.41) is 0. The molecule has 1 aliphatic heterocycles. The molecule has 1 atom stereocenters. The quantitative estimate of drug-likeness (QED) is 0.759. The summed E-state index contributed by atoms with van der Waals surface area (Å²) in [4.78, 5) is 23.2. The molecule has 0 N–H and O–H groups in total. The Morgan fingerprint density at radius 3 is 2.39 bits per heavy atom. The van der Waals surface area contributed by atoms with Gasteiger partial charge in [0, 0.05) is 12.0 Å². The smallest absolute Gasteiger partial charge is 0.355 e. The fourth-order valence-corrected chi connectivity index (χ4v) is 2.06. The minimum Gasteiger partial charge on any atom is -0.497 e. The van der Waals surface area contributed by atoms with Crippen LogP contribution in [-0.4, -0.2) is 26.2 Å². The fourth-order valence-electron chi connectivity index (χ4n) is 2.06. The van der Waals surface area contributed by atoms with Crippen LogP contribution < -0.4 is 4.74 Å². The molecule has 1 unspecified atom stereocenters. The first-order chi connectivity index (χ1) is 8.62. The third-order valence-electron chi connectivity index (χ3n) is 3.04. The van der Waals surface area contributed by atoms with Crippen LogP contribution in [0.3, 0.4) is 0 Å². The van der Waals surface area contributed by atoms with E-state index in [-0.39, 0.29) is 6.42 Å². The lowest BCUT2D eigenvalue weighted by Gasteiger charge is -2.25. The van der Waals surface area contributed by atoms with Crippen molar-refractivity contribution >= 4 is 11.9 Å². The largest absolute Gasteiger partial charge is 0.497 e. The molecule has 0 amide bonds. The molecule has 1 fully saturated rings. The van der Waals surface area contributed by atoms with E-state index in [2.05, 4.69) is 0 Å². The maximum atomic E-state index is 11.9. The maximum absolute atomic E-state index is 11.9. The standard InChI is InChI=1S/C13H14O5/c1-16-10-5-3-9(4-6-10)13(12(15)17-2)8-7-11(14)18-13/h3-6H,7-8H2,1-2H3. The Morgan fingerprint density at radius 2 is 1.94 bits per heavy atom. The molecule has 1 heterocycles. The second kappa shape index (κ2) is 4.68. The molecule has 0 spiro atoms. The van der Waals surface area contributed by atoms with Crippen molar-refractivity contribution in [1.82, 2.24) is 0 Å². The van der Waals surface area contributed by atoms with Crippen molar-refractivity contribution < 1.29 is 23.8 Å². The van der Waals surface area contributed by atoms with Crippen molar-refractivity contribution in [2.75, 3.05) is 14.2 Å². The van der Waals surface area contributed by atoms with Crippen LogP contribution in [0.5, 0.6) is 5.75 Å². The third kappa shape index (κ3) is 1.92. The number of methoxy groups -OCH3 is 2. The van der Waals surface area contributed by atoms with Gasteiger partial charge in [-0.05, 0) is 12.1 Å². The van der Waals surface area contributed by atoms with E-state index in [0.29, 0.717) is 17.7 Å². The zero-order valence-corrected chi connectivity index (χ0v) is 10.3. The lowest BCUT2D eigenvalue weighted by molar-refractivity contribution is -0.173. The van der Waals surface area contributed by atoms with Crippen LogP contribution in [0.15, 0.2) is 24.3 Å². The molecule has 2 rings (SSSR count). The summed E-state index contributed by atoms with van der Waals surface area (Å²) in [7, 11) is 2.83. The van der Waals surface area contributed by atoms with Gasteiger partial charge in [0.1, 0.15) is 5.75 Å². The number of ether oxygens (including phenoxy) is 3. The predicted molar refractivity (Wildman–Crippen MR) is 62.0 cm³/mol. The SMILES string of the molecule is COC(=O)C1(c2ccc(OC)cc2)CCC(=O)O1. The van der Waals surface area contributed by atoms with E-state index in [1.807, 2.05) is 0 Å². The number of carbonyl (C=O) groups excluding carboxylic acids is 2. The number of carbonyl (C=O) groups is 2. The molecule has 0 aromatic heterocycles. The Bertz CT molecular complexity index is 465. The Balaban J connectivity index is 2.40. The van der Waals surface area contributed by atoms with Crippen molar-refractivity contribution in [1.29, 1.82) is 0 Å². The van der Waals surface area contributed by atoms with E-state index in [0.717, 1.165) is 0 Å².